The molecule has 17 heavy (non-hydrogen) atoms. The molecule has 0 unspecified atom stereocenters. The van der Waals surface area contributed by atoms with E-state index in [2.05, 4.69) is 15.5 Å². The maximum Gasteiger partial charge on any atom is 0.238 e. The first kappa shape index (κ1) is 13.7. The molecule has 0 aliphatic heterocycles. The molecule has 0 aliphatic carbocycles. The third-order valence-electron chi connectivity index (χ3n) is 2.50. The topological polar surface area (TPSA) is 81.2 Å². The van der Waals surface area contributed by atoms with Gasteiger partial charge in [0.25, 0.3) is 0 Å². The second-order valence-electron chi connectivity index (χ2n) is 4.17. The Morgan fingerprint density at radius 3 is 2.76 bits per heavy atom. The van der Waals surface area contributed by atoms with Crippen molar-refractivity contribution in [2.45, 2.75) is 20.3 Å². The Labute approximate surface area is 101 Å². The number of aromatic amines is 1. The highest BCUT2D eigenvalue weighted by Crippen LogP contribution is 2.15. The molecule has 1 aromatic rings. The standard InChI is InChI=1S/C11H20N4O2/c1-8-11(9(2)14-13-8)12-10(17)7-15(3)5-4-6-16/h16H,4-7H2,1-3H3,(H,12,17)(H,13,14). The quantitative estimate of drug-likeness (QED) is 0.667. The van der Waals surface area contributed by atoms with Crippen LogP contribution in [-0.4, -0.2) is 52.9 Å². The fraction of sp³-hybridized carbons (Fsp3) is 0.636. The molecule has 0 bridgehead atoms. The number of nitrogens with one attached hydrogen (secondary N) is 2. The summed E-state index contributed by atoms with van der Waals surface area (Å²) in [6, 6.07) is 0. The van der Waals surface area contributed by atoms with Gasteiger partial charge in [0, 0.05) is 13.2 Å². The molecule has 0 saturated heterocycles. The summed E-state index contributed by atoms with van der Waals surface area (Å²) in [6.45, 7) is 4.86. The van der Waals surface area contributed by atoms with Crippen molar-refractivity contribution in [1.29, 1.82) is 0 Å². The number of rotatable bonds is 6. The summed E-state index contributed by atoms with van der Waals surface area (Å²) in [4.78, 5) is 13.6. The van der Waals surface area contributed by atoms with Crippen LogP contribution in [0.25, 0.3) is 0 Å². The van der Waals surface area contributed by atoms with Gasteiger partial charge in [0.15, 0.2) is 0 Å². The first-order valence-electron chi connectivity index (χ1n) is 5.65. The second kappa shape index (κ2) is 6.36. The molecule has 0 spiro atoms. The maximum absolute atomic E-state index is 11.7. The number of nitrogens with zero attached hydrogens (tertiary/aromatic N) is 2. The Hall–Kier alpha value is -1.40. The third kappa shape index (κ3) is 4.16. The molecule has 0 radical (unpaired) electrons. The minimum absolute atomic E-state index is 0.0713. The number of carbonyl (C=O) groups excluding carboxylic acids is 1. The van der Waals surface area contributed by atoms with Gasteiger partial charge in [-0.1, -0.05) is 0 Å². The number of aliphatic hydroxyl groups excluding tert-OH is 1. The van der Waals surface area contributed by atoms with Crippen LogP contribution in [0.2, 0.25) is 0 Å². The molecular weight excluding hydrogens is 220 g/mol. The van der Waals surface area contributed by atoms with Gasteiger partial charge in [-0.2, -0.15) is 5.10 Å². The largest absolute Gasteiger partial charge is 0.396 e. The van der Waals surface area contributed by atoms with Gasteiger partial charge in [-0.25, -0.2) is 0 Å². The summed E-state index contributed by atoms with van der Waals surface area (Å²) in [5.41, 5.74) is 2.40. The van der Waals surface area contributed by atoms with Crippen LogP contribution in [0.15, 0.2) is 0 Å². The van der Waals surface area contributed by atoms with E-state index >= 15 is 0 Å². The number of H-pyrrole nitrogens is 1. The van der Waals surface area contributed by atoms with Crippen LogP contribution < -0.4 is 5.32 Å². The number of aliphatic hydroxyl groups is 1. The van der Waals surface area contributed by atoms with E-state index < -0.39 is 0 Å². The molecule has 1 rings (SSSR count). The highest BCUT2D eigenvalue weighted by Gasteiger charge is 2.11. The third-order valence-corrected chi connectivity index (χ3v) is 2.50. The number of aryl methyl sites for hydroxylation is 2. The van der Waals surface area contributed by atoms with E-state index in [1.807, 2.05) is 25.8 Å². The van der Waals surface area contributed by atoms with Gasteiger partial charge in [0.1, 0.15) is 0 Å². The lowest BCUT2D eigenvalue weighted by Crippen LogP contribution is -2.31. The lowest BCUT2D eigenvalue weighted by molar-refractivity contribution is -0.117. The van der Waals surface area contributed by atoms with Crippen molar-refractivity contribution in [2.24, 2.45) is 0 Å². The molecule has 1 amide bonds. The van der Waals surface area contributed by atoms with Crippen molar-refractivity contribution in [3.05, 3.63) is 11.4 Å². The average molecular weight is 240 g/mol. The summed E-state index contributed by atoms with van der Waals surface area (Å²) in [6.07, 6.45) is 0.674. The number of hydrogen-bond acceptors (Lipinski definition) is 4. The zero-order valence-electron chi connectivity index (χ0n) is 10.6. The Morgan fingerprint density at radius 2 is 2.24 bits per heavy atom. The predicted octanol–water partition coefficient (Wildman–Crippen LogP) is 0.279. The van der Waals surface area contributed by atoms with Gasteiger partial charge < -0.3 is 10.4 Å². The molecule has 3 N–H and O–H groups in total. The van der Waals surface area contributed by atoms with Crippen LogP contribution in [0.1, 0.15) is 17.8 Å². The van der Waals surface area contributed by atoms with Gasteiger partial charge in [-0.15, -0.1) is 0 Å². The van der Waals surface area contributed by atoms with Gasteiger partial charge >= 0.3 is 0 Å². The number of anilines is 1. The van der Waals surface area contributed by atoms with E-state index in [0.29, 0.717) is 19.5 Å². The lowest BCUT2D eigenvalue weighted by atomic mass is 10.3. The van der Waals surface area contributed by atoms with Crippen molar-refractivity contribution in [2.75, 3.05) is 32.1 Å². The van der Waals surface area contributed by atoms with Crippen molar-refractivity contribution in [3.8, 4) is 0 Å². The zero-order valence-corrected chi connectivity index (χ0v) is 10.6. The summed E-state index contributed by atoms with van der Waals surface area (Å²) >= 11 is 0. The second-order valence-corrected chi connectivity index (χ2v) is 4.17. The Balaban J connectivity index is 2.44. The Bertz CT molecular complexity index is 356. The zero-order chi connectivity index (χ0) is 12.8. The van der Waals surface area contributed by atoms with E-state index in [0.717, 1.165) is 17.1 Å². The maximum atomic E-state index is 11.7. The first-order chi connectivity index (χ1) is 8.04. The van der Waals surface area contributed by atoms with E-state index in [-0.39, 0.29) is 12.5 Å². The van der Waals surface area contributed by atoms with Crippen molar-refractivity contribution < 1.29 is 9.90 Å². The highest BCUT2D eigenvalue weighted by atomic mass is 16.3. The fourth-order valence-corrected chi connectivity index (χ4v) is 1.58. The Kier molecular flexibility index (Phi) is 5.11. The number of hydrogen-bond donors (Lipinski definition) is 3. The molecule has 1 heterocycles. The molecular formula is C11H20N4O2. The van der Waals surface area contributed by atoms with Crippen LogP contribution in [0, 0.1) is 13.8 Å². The summed E-state index contributed by atoms with van der Waals surface area (Å²) in [5, 5.41) is 18.3. The summed E-state index contributed by atoms with van der Waals surface area (Å²) < 4.78 is 0. The van der Waals surface area contributed by atoms with Crippen molar-refractivity contribution in [3.63, 3.8) is 0 Å². The van der Waals surface area contributed by atoms with E-state index in [1.54, 1.807) is 0 Å². The van der Waals surface area contributed by atoms with Crippen molar-refractivity contribution >= 4 is 11.6 Å². The molecule has 0 saturated carbocycles. The fourth-order valence-electron chi connectivity index (χ4n) is 1.58. The van der Waals surface area contributed by atoms with Crippen LogP contribution in [0.5, 0.6) is 0 Å². The van der Waals surface area contributed by atoms with Crippen molar-refractivity contribution in [1.82, 2.24) is 15.1 Å². The lowest BCUT2D eigenvalue weighted by Gasteiger charge is -2.15. The first-order valence-corrected chi connectivity index (χ1v) is 5.65. The Morgan fingerprint density at radius 1 is 1.53 bits per heavy atom. The molecule has 0 aromatic carbocycles. The van der Waals surface area contributed by atoms with Crippen LogP contribution in [0.3, 0.4) is 0 Å². The van der Waals surface area contributed by atoms with Crippen LogP contribution in [-0.2, 0) is 4.79 Å². The SMILES string of the molecule is Cc1n[nH]c(C)c1NC(=O)CN(C)CCCO. The molecule has 0 fully saturated rings. The van der Waals surface area contributed by atoms with Gasteiger partial charge in [-0.05, 0) is 27.3 Å². The number of amides is 1. The molecule has 96 valence electrons. The molecule has 1 aromatic heterocycles. The normalized spacial score (nSPS) is 10.9. The summed E-state index contributed by atoms with van der Waals surface area (Å²) in [7, 11) is 1.85. The van der Waals surface area contributed by atoms with Gasteiger partial charge in [0.05, 0.1) is 23.6 Å². The highest BCUT2D eigenvalue weighted by molar-refractivity contribution is 5.93. The van der Waals surface area contributed by atoms with E-state index in [1.165, 1.54) is 0 Å². The molecule has 6 nitrogen and oxygen atoms in total. The molecule has 0 atom stereocenters. The predicted molar refractivity (Wildman–Crippen MR) is 65.9 cm³/mol. The molecule has 0 aliphatic rings. The minimum Gasteiger partial charge on any atom is -0.396 e. The van der Waals surface area contributed by atoms with E-state index in [9.17, 15) is 4.79 Å². The van der Waals surface area contributed by atoms with Gasteiger partial charge in [0.2, 0.25) is 5.91 Å². The monoisotopic (exact) mass is 240 g/mol. The molecule has 6 heteroatoms. The summed E-state index contributed by atoms with van der Waals surface area (Å²) in [5.74, 6) is -0.0713. The van der Waals surface area contributed by atoms with Crippen LogP contribution >= 0.6 is 0 Å². The number of likely N-dealkylation sites (N-methyl/N-ethyl adjacent to an activating group) is 1. The van der Waals surface area contributed by atoms with Gasteiger partial charge in [-0.3, -0.25) is 14.8 Å². The van der Waals surface area contributed by atoms with E-state index in [4.69, 9.17) is 5.11 Å². The smallest absolute Gasteiger partial charge is 0.238 e. The van der Waals surface area contributed by atoms with Crippen LogP contribution in [0.4, 0.5) is 5.69 Å². The average Bonchev–Trinajstić information content (AvgIpc) is 2.58. The minimum atomic E-state index is -0.0713. The number of carbonyl (C=O) groups is 1. The number of aromatic nitrogens is 2.